The Morgan fingerprint density at radius 1 is 1.08 bits per heavy atom. The van der Waals surface area contributed by atoms with Gasteiger partial charge >= 0.3 is 5.97 Å². The van der Waals surface area contributed by atoms with Crippen LogP contribution in [0.1, 0.15) is 32.5 Å². The quantitative estimate of drug-likeness (QED) is 0.180. The molecule has 0 fully saturated rings. The van der Waals surface area contributed by atoms with Crippen LogP contribution in [0.4, 0.5) is 10.7 Å². The van der Waals surface area contributed by atoms with E-state index in [-0.39, 0.29) is 33.7 Å². The molecule has 2 aromatic heterocycles. The predicted octanol–water partition coefficient (Wildman–Crippen LogP) is 5.65. The number of nitrogens with one attached hydrogen (secondary N) is 3. The van der Waals surface area contributed by atoms with Gasteiger partial charge in [-0.25, -0.2) is 9.78 Å². The summed E-state index contributed by atoms with van der Waals surface area (Å²) in [5.74, 6) is -0.839. The molecule has 190 valence electrons. The fourth-order valence-corrected chi connectivity index (χ4v) is 5.16. The van der Waals surface area contributed by atoms with E-state index < -0.39 is 11.9 Å². The van der Waals surface area contributed by atoms with Crippen LogP contribution in [-0.4, -0.2) is 45.3 Å². The van der Waals surface area contributed by atoms with E-state index in [0.717, 1.165) is 28.7 Å². The molecule has 0 radical (unpaired) electrons. The van der Waals surface area contributed by atoms with Crippen molar-refractivity contribution in [2.45, 2.75) is 19.0 Å². The molecule has 0 aliphatic heterocycles. The second-order valence-electron chi connectivity index (χ2n) is 7.61. The normalized spacial score (nSPS) is 10.7. The number of halogens is 1. The van der Waals surface area contributed by atoms with Crippen molar-refractivity contribution in [1.82, 2.24) is 15.2 Å². The topological polar surface area (TPSA) is 126 Å². The molecule has 0 aliphatic carbocycles. The number of aromatic amines is 1. The number of anilines is 2. The lowest BCUT2D eigenvalue weighted by Gasteiger charge is -2.08. The van der Waals surface area contributed by atoms with Gasteiger partial charge in [-0.05, 0) is 55.8 Å². The minimum Gasteiger partial charge on any atom is -0.462 e. The number of hydrogen-bond acceptors (Lipinski definition) is 8. The summed E-state index contributed by atoms with van der Waals surface area (Å²) in [7, 11) is 0. The zero-order chi connectivity index (χ0) is 26.4. The Labute approximate surface area is 226 Å². The molecule has 0 saturated carbocycles. The highest BCUT2D eigenvalue weighted by Gasteiger charge is 2.26. The van der Waals surface area contributed by atoms with Crippen molar-refractivity contribution >= 4 is 63.2 Å². The SMILES string of the molecule is CCOC(=O)c1sc(NC(=O)CSc2n[nH]c(-c3ccc(Cl)cc3)n2)c(C(=O)Nc2ccccc2)c1C. The number of nitrogens with zero attached hydrogens (tertiary/aromatic N) is 2. The van der Waals surface area contributed by atoms with Gasteiger partial charge in [0, 0.05) is 16.3 Å². The molecule has 9 nitrogen and oxygen atoms in total. The van der Waals surface area contributed by atoms with Gasteiger partial charge in [0.2, 0.25) is 11.1 Å². The minimum absolute atomic E-state index is 0.0106. The summed E-state index contributed by atoms with van der Waals surface area (Å²) in [6, 6.07) is 16.0. The molecule has 2 heterocycles. The molecular formula is C25H22ClN5O4S2. The van der Waals surface area contributed by atoms with Crippen molar-refractivity contribution in [3.05, 3.63) is 75.6 Å². The van der Waals surface area contributed by atoms with Crippen molar-refractivity contribution in [1.29, 1.82) is 0 Å². The van der Waals surface area contributed by atoms with E-state index in [1.54, 1.807) is 50.2 Å². The van der Waals surface area contributed by atoms with Gasteiger partial charge < -0.3 is 15.4 Å². The van der Waals surface area contributed by atoms with Gasteiger partial charge in [-0.3, -0.25) is 14.7 Å². The van der Waals surface area contributed by atoms with Crippen LogP contribution in [0.3, 0.4) is 0 Å². The lowest BCUT2D eigenvalue weighted by molar-refractivity contribution is -0.113. The van der Waals surface area contributed by atoms with E-state index in [9.17, 15) is 14.4 Å². The highest BCUT2D eigenvalue weighted by Crippen LogP contribution is 2.34. The first-order chi connectivity index (χ1) is 17.9. The van der Waals surface area contributed by atoms with Crippen LogP contribution in [0.25, 0.3) is 11.4 Å². The van der Waals surface area contributed by atoms with E-state index in [1.807, 2.05) is 18.2 Å². The average molecular weight is 556 g/mol. The second-order valence-corrected chi connectivity index (χ2v) is 10.0. The number of thiophene rings is 1. The summed E-state index contributed by atoms with van der Waals surface area (Å²) in [5.41, 5.74) is 2.03. The first-order valence-corrected chi connectivity index (χ1v) is 13.3. The molecule has 0 atom stereocenters. The van der Waals surface area contributed by atoms with Crippen LogP contribution in [-0.2, 0) is 9.53 Å². The number of thioether (sulfide) groups is 1. The number of aromatic nitrogens is 3. The van der Waals surface area contributed by atoms with Crippen LogP contribution in [0.5, 0.6) is 0 Å². The summed E-state index contributed by atoms with van der Waals surface area (Å²) in [4.78, 5) is 43.0. The zero-order valence-electron chi connectivity index (χ0n) is 19.8. The molecule has 37 heavy (non-hydrogen) atoms. The molecule has 0 bridgehead atoms. The molecule has 4 aromatic rings. The third-order valence-electron chi connectivity index (χ3n) is 5.03. The van der Waals surface area contributed by atoms with Gasteiger partial charge in [0.25, 0.3) is 5.91 Å². The number of H-pyrrole nitrogens is 1. The van der Waals surface area contributed by atoms with E-state index in [0.29, 0.717) is 27.3 Å². The summed E-state index contributed by atoms with van der Waals surface area (Å²) in [6.07, 6.45) is 0. The number of hydrogen-bond donors (Lipinski definition) is 3. The molecule has 12 heteroatoms. The predicted molar refractivity (Wildman–Crippen MR) is 146 cm³/mol. The van der Waals surface area contributed by atoms with Crippen LogP contribution in [0.15, 0.2) is 59.8 Å². The Morgan fingerprint density at radius 3 is 2.51 bits per heavy atom. The van der Waals surface area contributed by atoms with Crippen LogP contribution >= 0.6 is 34.7 Å². The molecular weight excluding hydrogens is 534 g/mol. The molecule has 2 amide bonds. The number of benzene rings is 2. The first-order valence-electron chi connectivity index (χ1n) is 11.1. The van der Waals surface area contributed by atoms with Crippen LogP contribution in [0, 0.1) is 6.92 Å². The summed E-state index contributed by atoms with van der Waals surface area (Å²) >= 11 is 8.06. The number of esters is 1. The standard InChI is InChI=1S/C25H22ClN5O4S2/c1-3-35-24(34)20-14(2)19(22(33)27-17-7-5-4-6-8-17)23(37-20)28-18(32)13-36-25-29-21(30-31-25)15-9-11-16(26)12-10-15/h4-12H,3,13H2,1-2H3,(H,27,33)(H,28,32)(H,29,30,31). The molecule has 2 aromatic carbocycles. The smallest absolute Gasteiger partial charge is 0.348 e. The van der Waals surface area contributed by atoms with Crippen molar-refractivity contribution in [3.8, 4) is 11.4 Å². The van der Waals surface area contributed by atoms with Gasteiger partial charge in [-0.2, -0.15) is 0 Å². The van der Waals surface area contributed by atoms with Gasteiger partial charge in [0.15, 0.2) is 5.82 Å². The van der Waals surface area contributed by atoms with Gasteiger partial charge in [-0.1, -0.05) is 41.6 Å². The highest BCUT2D eigenvalue weighted by molar-refractivity contribution is 7.99. The molecule has 3 N–H and O–H groups in total. The highest BCUT2D eigenvalue weighted by atomic mass is 35.5. The van der Waals surface area contributed by atoms with Crippen LogP contribution < -0.4 is 10.6 Å². The van der Waals surface area contributed by atoms with Crippen molar-refractivity contribution in [3.63, 3.8) is 0 Å². The Bertz CT molecular complexity index is 1420. The van der Waals surface area contributed by atoms with E-state index in [2.05, 4.69) is 25.8 Å². The lowest BCUT2D eigenvalue weighted by atomic mass is 10.1. The third kappa shape index (κ3) is 6.56. The number of ether oxygens (including phenoxy) is 1. The Hall–Kier alpha value is -3.67. The fourth-order valence-electron chi connectivity index (χ4n) is 3.32. The monoisotopic (exact) mass is 555 g/mol. The molecule has 0 aliphatic rings. The molecule has 0 unspecified atom stereocenters. The van der Waals surface area contributed by atoms with E-state index in [4.69, 9.17) is 16.3 Å². The Balaban J connectivity index is 1.48. The molecule has 0 spiro atoms. The second kappa shape index (κ2) is 12.0. The number of carbonyl (C=O) groups is 3. The molecule has 4 rings (SSSR count). The van der Waals surface area contributed by atoms with Gasteiger partial charge in [-0.15, -0.1) is 16.4 Å². The van der Waals surface area contributed by atoms with Gasteiger partial charge in [0.05, 0.1) is 17.9 Å². The molecule has 0 saturated heterocycles. The average Bonchev–Trinajstić information content (AvgIpc) is 3.48. The lowest BCUT2D eigenvalue weighted by Crippen LogP contribution is -2.18. The number of rotatable bonds is 9. The maximum absolute atomic E-state index is 13.1. The first kappa shape index (κ1) is 26.4. The van der Waals surface area contributed by atoms with Crippen molar-refractivity contribution in [2.75, 3.05) is 23.0 Å². The van der Waals surface area contributed by atoms with E-state index in [1.165, 1.54) is 0 Å². The summed E-state index contributed by atoms with van der Waals surface area (Å²) < 4.78 is 5.13. The number of carbonyl (C=O) groups excluding carboxylic acids is 3. The minimum atomic E-state index is -0.552. The maximum Gasteiger partial charge on any atom is 0.348 e. The van der Waals surface area contributed by atoms with Gasteiger partial charge in [0.1, 0.15) is 9.88 Å². The maximum atomic E-state index is 13.1. The Morgan fingerprint density at radius 2 is 1.81 bits per heavy atom. The largest absolute Gasteiger partial charge is 0.462 e. The van der Waals surface area contributed by atoms with Crippen LogP contribution in [0.2, 0.25) is 5.02 Å². The third-order valence-corrected chi connectivity index (χ3v) is 7.32. The Kier molecular flexibility index (Phi) is 8.59. The van der Waals surface area contributed by atoms with Crippen molar-refractivity contribution in [2.24, 2.45) is 0 Å². The van der Waals surface area contributed by atoms with Crippen molar-refractivity contribution < 1.29 is 19.1 Å². The zero-order valence-corrected chi connectivity index (χ0v) is 22.2. The summed E-state index contributed by atoms with van der Waals surface area (Å²) in [6.45, 7) is 3.54. The fraction of sp³-hybridized carbons (Fsp3) is 0.160. The van der Waals surface area contributed by atoms with E-state index >= 15 is 0 Å². The summed E-state index contributed by atoms with van der Waals surface area (Å²) in [5, 5.41) is 13.8. The number of para-hydroxylation sites is 1. The number of amides is 2.